The van der Waals surface area contributed by atoms with E-state index in [9.17, 15) is 22.8 Å². The smallest absolute Gasteiger partial charge is 0.345 e. The van der Waals surface area contributed by atoms with E-state index in [0.717, 1.165) is 4.90 Å². The number of likely N-dealkylation sites (N-methyl/N-ethyl adjacent to an activating group) is 1. The number of carbonyl (C=O) groups is 2. The molecular formula is C10H14F3N3O2. The Morgan fingerprint density at radius 1 is 1.50 bits per heavy atom. The monoisotopic (exact) mass is 265 g/mol. The van der Waals surface area contributed by atoms with E-state index in [1.807, 2.05) is 0 Å². The van der Waals surface area contributed by atoms with Crippen molar-refractivity contribution < 1.29 is 22.8 Å². The van der Waals surface area contributed by atoms with E-state index in [0.29, 0.717) is 0 Å². The molecule has 0 fully saturated rings. The van der Waals surface area contributed by atoms with Gasteiger partial charge in [0.2, 0.25) is 11.8 Å². The van der Waals surface area contributed by atoms with Crippen LogP contribution < -0.4 is 11.1 Å². The van der Waals surface area contributed by atoms with Crippen molar-refractivity contribution >= 4 is 11.8 Å². The molecule has 0 aromatic heterocycles. The summed E-state index contributed by atoms with van der Waals surface area (Å²) in [6.45, 7) is -1.95. The molecule has 0 saturated heterocycles. The normalized spacial score (nSPS) is 12.4. The third kappa shape index (κ3) is 6.75. The fourth-order valence-electron chi connectivity index (χ4n) is 1.05. The molecule has 0 aliphatic heterocycles. The van der Waals surface area contributed by atoms with Crippen LogP contribution in [0.4, 0.5) is 13.2 Å². The van der Waals surface area contributed by atoms with Gasteiger partial charge < -0.3 is 16.0 Å². The van der Waals surface area contributed by atoms with Crippen molar-refractivity contribution in [3.8, 4) is 12.3 Å². The van der Waals surface area contributed by atoms with Crippen LogP contribution in [0.3, 0.4) is 0 Å². The quantitative estimate of drug-likeness (QED) is 0.656. The van der Waals surface area contributed by atoms with Gasteiger partial charge in [-0.25, -0.2) is 0 Å². The van der Waals surface area contributed by atoms with E-state index < -0.39 is 37.1 Å². The third-order valence-electron chi connectivity index (χ3n) is 1.90. The molecule has 0 rings (SSSR count). The first kappa shape index (κ1) is 16.2. The number of terminal acetylenes is 1. The predicted octanol–water partition coefficient (Wildman–Crippen LogP) is -0.526. The fourth-order valence-corrected chi connectivity index (χ4v) is 1.05. The second-order valence-corrected chi connectivity index (χ2v) is 3.60. The van der Waals surface area contributed by atoms with Gasteiger partial charge in [-0.15, -0.1) is 12.3 Å². The summed E-state index contributed by atoms with van der Waals surface area (Å²) >= 11 is 0. The summed E-state index contributed by atoms with van der Waals surface area (Å²) in [6, 6.07) is -0.963. The van der Waals surface area contributed by atoms with Crippen LogP contribution in [0.1, 0.15) is 6.42 Å². The lowest BCUT2D eigenvalue weighted by atomic mass is 10.2. The number of carbonyl (C=O) groups excluding carboxylic acids is 2. The molecule has 1 unspecified atom stereocenters. The molecule has 1 atom stereocenters. The molecule has 0 saturated carbocycles. The number of hydrogen-bond donors (Lipinski definition) is 2. The fraction of sp³-hybridized carbons (Fsp3) is 0.600. The summed E-state index contributed by atoms with van der Waals surface area (Å²) in [7, 11) is 1.26. The molecule has 8 heteroatoms. The zero-order valence-corrected chi connectivity index (χ0v) is 9.75. The van der Waals surface area contributed by atoms with E-state index >= 15 is 0 Å². The van der Waals surface area contributed by atoms with Crippen molar-refractivity contribution in [2.24, 2.45) is 5.73 Å². The lowest BCUT2D eigenvalue weighted by molar-refractivity contribution is -0.141. The number of nitrogens with one attached hydrogen (secondary N) is 1. The highest BCUT2D eigenvalue weighted by atomic mass is 19.4. The summed E-state index contributed by atoms with van der Waals surface area (Å²) < 4.78 is 35.4. The van der Waals surface area contributed by atoms with Crippen LogP contribution in [0, 0.1) is 12.3 Å². The van der Waals surface area contributed by atoms with Crippen LogP contribution in [-0.4, -0.2) is 49.1 Å². The number of amides is 2. The maximum Gasteiger partial charge on any atom is 0.405 e. The van der Waals surface area contributed by atoms with E-state index in [1.165, 1.54) is 7.05 Å². The van der Waals surface area contributed by atoms with E-state index in [1.54, 1.807) is 5.32 Å². The van der Waals surface area contributed by atoms with Crippen molar-refractivity contribution in [3.05, 3.63) is 0 Å². The summed E-state index contributed by atoms with van der Waals surface area (Å²) in [5.74, 6) is 0.658. The molecule has 0 heterocycles. The van der Waals surface area contributed by atoms with Gasteiger partial charge in [0.15, 0.2) is 0 Å². The van der Waals surface area contributed by atoms with Crippen LogP contribution in [0.25, 0.3) is 0 Å². The number of nitrogens with zero attached hydrogens (tertiary/aromatic N) is 1. The number of hydrogen-bond acceptors (Lipinski definition) is 3. The summed E-state index contributed by atoms with van der Waals surface area (Å²) in [4.78, 5) is 23.5. The molecule has 0 aromatic rings. The van der Waals surface area contributed by atoms with Gasteiger partial charge in [-0.1, -0.05) is 0 Å². The Bertz CT molecular complexity index is 349. The van der Waals surface area contributed by atoms with Crippen molar-refractivity contribution in [1.29, 1.82) is 0 Å². The Hall–Kier alpha value is -1.75. The van der Waals surface area contributed by atoms with Gasteiger partial charge in [0.1, 0.15) is 6.54 Å². The Morgan fingerprint density at radius 2 is 2.06 bits per heavy atom. The maximum atomic E-state index is 11.8. The van der Waals surface area contributed by atoms with Crippen LogP contribution >= 0.6 is 0 Å². The number of rotatable bonds is 5. The highest BCUT2D eigenvalue weighted by molar-refractivity contribution is 5.87. The molecule has 0 aliphatic rings. The van der Waals surface area contributed by atoms with Crippen molar-refractivity contribution in [1.82, 2.24) is 10.2 Å². The number of nitrogens with two attached hydrogens (primary N) is 1. The highest BCUT2D eigenvalue weighted by Crippen LogP contribution is 2.11. The molecule has 0 radical (unpaired) electrons. The zero-order chi connectivity index (χ0) is 14.3. The average molecular weight is 265 g/mol. The summed E-state index contributed by atoms with van der Waals surface area (Å²) in [5.41, 5.74) is 5.40. The van der Waals surface area contributed by atoms with Crippen molar-refractivity contribution in [2.75, 3.05) is 20.1 Å². The first-order chi connectivity index (χ1) is 8.17. The molecule has 5 nitrogen and oxygen atoms in total. The molecule has 0 aromatic carbocycles. The van der Waals surface area contributed by atoms with Crippen LogP contribution in [-0.2, 0) is 9.59 Å². The lowest BCUT2D eigenvalue weighted by Crippen LogP contribution is -2.46. The zero-order valence-electron chi connectivity index (χ0n) is 9.75. The van der Waals surface area contributed by atoms with E-state index in [4.69, 9.17) is 12.2 Å². The molecule has 3 N–H and O–H groups in total. The Labute approximate surface area is 102 Å². The minimum atomic E-state index is -4.49. The SMILES string of the molecule is C#CCC(N)C(=O)N(C)CC(=O)NCC(F)(F)F. The third-order valence-corrected chi connectivity index (χ3v) is 1.90. The van der Waals surface area contributed by atoms with Gasteiger partial charge in [0, 0.05) is 13.5 Å². The van der Waals surface area contributed by atoms with Crippen molar-refractivity contribution in [3.63, 3.8) is 0 Å². The molecule has 2 amide bonds. The largest absolute Gasteiger partial charge is 0.405 e. The van der Waals surface area contributed by atoms with Gasteiger partial charge in [-0.05, 0) is 0 Å². The van der Waals surface area contributed by atoms with E-state index in [-0.39, 0.29) is 6.42 Å². The van der Waals surface area contributed by atoms with Gasteiger partial charge in [-0.3, -0.25) is 9.59 Å². The second-order valence-electron chi connectivity index (χ2n) is 3.60. The highest BCUT2D eigenvalue weighted by Gasteiger charge is 2.28. The minimum absolute atomic E-state index is 0.00660. The topological polar surface area (TPSA) is 75.4 Å². The predicted molar refractivity (Wildman–Crippen MR) is 58.1 cm³/mol. The Morgan fingerprint density at radius 3 is 2.50 bits per heavy atom. The van der Waals surface area contributed by atoms with Gasteiger partial charge in [0.05, 0.1) is 12.6 Å². The minimum Gasteiger partial charge on any atom is -0.345 e. The van der Waals surface area contributed by atoms with Crippen LogP contribution in [0.5, 0.6) is 0 Å². The second kappa shape index (κ2) is 6.86. The van der Waals surface area contributed by atoms with E-state index in [2.05, 4.69) is 5.92 Å². The average Bonchev–Trinajstić information content (AvgIpc) is 2.24. The summed E-state index contributed by atoms with van der Waals surface area (Å²) in [6.07, 6.45) is 0.465. The van der Waals surface area contributed by atoms with Gasteiger partial charge in [-0.2, -0.15) is 13.2 Å². The van der Waals surface area contributed by atoms with Gasteiger partial charge in [0.25, 0.3) is 0 Å². The summed E-state index contributed by atoms with van der Waals surface area (Å²) in [5, 5.41) is 1.64. The maximum absolute atomic E-state index is 11.8. The lowest BCUT2D eigenvalue weighted by Gasteiger charge is -2.20. The first-order valence-corrected chi connectivity index (χ1v) is 4.95. The number of halogens is 3. The van der Waals surface area contributed by atoms with Crippen LogP contribution in [0.2, 0.25) is 0 Å². The molecular weight excluding hydrogens is 251 g/mol. The Kier molecular flexibility index (Phi) is 6.19. The first-order valence-electron chi connectivity index (χ1n) is 4.95. The molecule has 0 spiro atoms. The molecule has 0 bridgehead atoms. The number of alkyl halides is 3. The molecule has 18 heavy (non-hydrogen) atoms. The van der Waals surface area contributed by atoms with Gasteiger partial charge >= 0.3 is 6.18 Å². The standard InChI is InChI=1S/C10H14F3N3O2/c1-3-4-7(14)9(18)16(2)5-8(17)15-6-10(11,12)13/h1,7H,4-6,14H2,2H3,(H,15,17). The molecule has 102 valence electrons. The Balaban J connectivity index is 4.16. The van der Waals surface area contributed by atoms with Crippen LogP contribution in [0.15, 0.2) is 0 Å². The van der Waals surface area contributed by atoms with Crippen molar-refractivity contribution in [2.45, 2.75) is 18.6 Å². The molecule has 0 aliphatic carbocycles.